The van der Waals surface area contributed by atoms with Gasteiger partial charge in [0.1, 0.15) is 24.2 Å². The zero-order valence-corrected chi connectivity index (χ0v) is 14.7. The Balaban J connectivity index is 2.02. The number of aryl methyl sites for hydroxylation is 2. The zero-order valence-electron chi connectivity index (χ0n) is 14.7. The molecule has 1 atom stereocenters. The number of nitrogens with zero attached hydrogens (tertiary/aromatic N) is 1. The van der Waals surface area contributed by atoms with Gasteiger partial charge in [-0.2, -0.15) is 0 Å². The van der Waals surface area contributed by atoms with Gasteiger partial charge in [-0.05, 0) is 26.0 Å². The van der Waals surface area contributed by atoms with Crippen LogP contribution in [0.3, 0.4) is 0 Å². The summed E-state index contributed by atoms with van der Waals surface area (Å²) in [5.74, 6) is 1.53. The van der Waals surface area contributed by atoms with Gasteiger partial charge in [0.05, 0.1) is 5.69 Å². The molecule has 2 rings (SSSR count). The largest absolute Gasteiger partial charge is 0.490 e. The van der Waals surface area contributed by atoms with Crippen molar-refractivity contribution in [1.82, 2.24) is 10.5 Å². The Hall–Kier alpha value is -2.11. The molecule has 130 valence electrons. The van der Waals surface area contributed by atoms with E-state index in [0.717, 1.165) is 28.3 Å². The maximum absolute atomic E-state index is 9.98. The first-order valence-electron chi connectivity index (χ1n) is 8.21. The minimum Gasteiger partial charge on any atom is -0.490 e. The van der Waals surface area contributed by atoms with Crippen LogP contribution in [-0.4, -0.2) is 35.6 Å². The second kappa shape index (κ2) is 8.66. The van der Waals surface area contributed by atoms with E-state index >= 15 is 0 Å². The van der Waals surface area contributed by atoms with E-state index < -0.39 is 6.10 Å². The summed E-state index contributed by atoms with van der Waals surface area (Å²) >= 11 is 0. The van der Waals surface area contributed by atoms with Crippen molar-refractivity contribution in [3.8, 4) is 5.75 Å². The van der Waals surface area contributed by atoms with Crippen LogP contribution in [0.5, 0.6) is 5.75 Å². The molecule has 0 aliphatic heterocycles. The van der Waals surface area contributed by atoms with E-state index in [-0.39, 0.29) is 6.61 Å². The molecule has 0 aliphatic carbocycles. The number of benzene rings is 1. The maximum atomic E-state index is 9.98. The molecule has 0 saturated carbocycles. The van der Waals surface area contributed by atoms with Crippen LogP contribution < -0.4 is 10.1 Å². The molecule has 5 heteroatoms. The van der Waals surface area contributed by atoms with Gasteiger partial charge < -0.3 is 19.7 Å². The van der Waals surface area contributed by atoms with E-state index in [1.54, 1.807) is 0 Å². The molecule has 1 aromatic carbocycles. The lowest BCUT2D eigenvalue weighted by Gasteiger charge is -2.16. The van der Waals surface area contributed by atoms with Gasteiger partial charge in [-0.25, -0.2) is 0 Å². The molecule has 0 amide bonds. The number of aliphatic hydroxyl groups excluding tert-OH is 1. The molecule has 2 aromatic rings. The van der Waals surface area contributed by atoms with Crippen LogP contribution in [0.15, 0.2) is 28.8 Å². The van der Waals surface area contributed by atoms with E-state index in [2.05, 4.69) is 10.5 Å². The monoisotopic (exact) mass is 330 g/mol. The fraction of sp³-hybridized carbons (Fsp3) is 0.421. The van der Waals surface area contributed by atoms with E-state index in [1.165, 1.54) is 0 Å². The van der Waals surface area contributed by atoms with Crippen molar-refractivity contribution in [3.05, 3.63) is 46.8 Å². The summed E-state index contributed by atoms with van der Waals surface area (Å²) in [6.45, 7) is 8.65. The van der Waals surface area contributed by atoms with Crippen LogP contribution in [0.2, 0.25) is 0 Å². The lowest BCUT2D eigenvalue weighted by atomic mass is 10.1. The molecule has 0 fully saturated rings. The van der Waals surface area contributed by atoms with Gasteiger partial charge in [0.15, 0.2) is 0 Å². The van der Waals surface area contributed by atoms with Gasteiger partial charge in [-0.1, -0.05) is 43.3 Å². The predicted molar refractivity (Wildman–Crippen MR) is 96.0 cm³/mol. The molecule has 1 unspecified atom stereocenters. The summed E-state index contributed by atoms with van der Waals surface area (Å²) in [6, 6.07) is 8.08. The lowest BCUT2D eigenvalue weighted by Crippen LogP contribution is -2.35. The topological polar surface area (TPSA) is 67.5 Å². The number of nitrogens with one attached hydrogen (secondary N) is 1. The Morgan fingerprint density at radius 1 is 1.25 bits per heavy atom. The SMILES string of the molecule is Cc1noc(C)c1C=Cc1ccccc1OCC(O)CNC(C)C. The third-order valence-corrected chi connectivity index (χ3v) is 3.63. The standard InChI is InChI=1S/C19H26N2O3/c1-13(2)20-11-17(22)12-23-19-8-6-5-7-16(19)9-10-18-14(3)21-24-15(18)4/h5-10,13,17,20,22H,11-12H2,1-4H3. The lowest BCUT2D eigenvalue weighted by molar-refractivity contribution is 0.104. The van der Waals surface area contributed by atoms with Gasteiger partial charge in [0.2, 0.25) is 0 Å². The van der Waals surface area contributed by atoms with Crippen molar-refractivity contribution in [2.45, 2.75) is 39.8 Å². The predicted octanol–water partition coefficient (Wildman–Crippen LogP) is 3.20. The third kappa shape index (κ3) is 5.22. The van der Waals surface area contributed by atoms with Gasteiger partial charge >= 0.3 is 0 Å². The van der Waals surface area contributed by atoms with E-state index in [9.17, 15) is 5.11 Å². The molecule has 1 aromatic heterocycles. The second-order valence-corrected chi connectivity index (χ2v) is 6.14. The molecule has 1 heterocycles. The Morgan fingerprint density at radius 3 is 2.67 bits per heavy atom. The molecule has 0 bridgehead atoms. The zero-order chi connectivity index (χ0) is 17.5. The number of ether oxygens (including phenoxy) is 1. The number of hydrogen-bond donors (Lipinski definition) is 2. The van der Waals surface area contributed by atoms with Crippen LogP contribution in [0.25, 0.3) is 12.2 Å². The van der Waals surface area contributed by atoms with Crippen molar-refractivity contribution in [1.29, 1.82) is 0 Å². The summed E-state index contributed by atoms with van der Waals surface area (Å²) < 4.78 is 10.9. The molecule has 2 N–H and O–H groups in total. The van der Waals surface area contributed by atoms with Crippen LogP contribution in [0.4, 0.5) is 0 Å². The summed E-state index contributed by atoms with van der Waals surface area (Å²) in [5, 5.41) is 17.1. The highest BCUT2D eigenvalue weighted by Crippen LogP contribution is 2.22. The first kappa shape index (κ1) is 18.2. The third-order valence-electron chi connectivity index (χ3n) is 3.63. The molecule has 0 saturated heterocycles. The van der Waals surface area contributed by atoms with Crippen LogP contribution in [0, 0.1) is 13.8 Å². The minimum atomic E-state index is -0.549. The first-order valence-corrected chi connectivity index (χ1v) is 8.21. The first-order chi connectivity index (χ1) is 11.5. The summed E-state index contributed by atoms with van der Waals surface area (Å²) in [4.78, 5) is 0. The van der Waals surface area contributed by atoms with Crippen molar-refractivity contribution in [2.24, 2.45) is 0 Å². The van der Waals surface area contributed by atoms with Gasteiger partial charge in [-0.15, -0.1) is 0 Å². The number of rotatable bonds is 8. The van der Waals surface area contributed by atoms with Crippen molar-refractivity contribution < 1.29 is 14.4 Å². The highest BCUT2D eigenvalue weighted by atomic mass is 16.5. The van der Waals surface area contributed by atoms with E-state index in [4.69, 9.17) is 9.26 Å². The molecule has 0 aliphatic rings. The quantitative estimate of drug-likeness (QED) is 0.778. The summed E-state index contributed by atoms with van der Waals surface area (Å²) in [7, 11) is 0. The van der Waals surface area contributed by atoms with E-state index in [1.807, 2.05) is 64.1 Å². The highest BCUT2D eigenvalue weighted by molar-refractivity contribution is 5.73. The summed E-state index contributed by atoms with van der Waals surface area (Å²) in [5.41, 5.74) is 2.78. The van der Waals surface area contributed by atoms with Crippen LogP contribution >= 0.6 is 0 Å². The van der Waals surface area contributed by atoms with Crippen LogP contribution in [-0.2, 0) is 0 Å². The fourth-order valence-corrected chi connectivity index (χ4v) is 2.27. The van der Waals surface area contributed by atoms with Crippen molar-refractivity contribution >= 4 is 12.2 Å². The van der Waals surface area contributed by atoms with Gasteiger partial charge in [-0.3, -0.25) is 0 Å². The van der Waals surface area contributed by atoms with Crippen molar-refractivity contribution in [3.63, 3.8) is 0 Å². The molecule has 0 spiro atoms. The fourth-order valence-electron chi connectivity index (χ4n) is 2.27. The Kier molecular flexibility index (Phi) is 6.58. The average Bonchev–Trinajstić information content (AvgIpc) is 2.88. The van der Waals surface area contributed by atoms with Crippen molar-refractivity contribution in [2.75, 3.05) is 13.2 Å². The number of aromatic nitrogens is 1. The molecule has 24 heavy (non-hydrogen) atoms. The number of para-hydroxylation sites is 1. The minimum absolute atomic E-state index is 0.246. The maximum Gasteiger partial charge on any atom is 0.141 e. The normalized spacial score (nSPS) is 12.9. The second-order valence-electron chi connectivity index (χ2n) is 6.14. The van der Waals surface area contributed by atoms with Gasteiger partial charge in [0, 0.05) is 23.7 Å². The molecular formula is C19H26N2O3. The summed E-state index contributed by atoms with van der Waals surface area (Å²) in [6.07, 6.45) is 3.40. The van der Waals surface area contributed by atoms with Crippen LogP contribution in [0.1, 0.15) is 36.4 Å². The number of aliphatic hydroxyl groups is 1. The highest BCUT2D eigenvalue weighted by Gasteiger charge is 2.09. The Labute approximate surface area is 143 Å². The molecular weight excluding hydrogens is 304 g/mol. The van der Waals surface area contributed by atoms with E-state index in [0.29, 0.717) is 12.6 Å². The molecule has 0 radical (unpaired) electrons. The Morgan fingerprint density at radius 2 is 2.00 bits per heavy atom. The average molecular weight is 330 g/mol. The molecule has 5 nitrogen and oxygen atoms in total. The number of hydrogen-bond acceptors (Lipinski definition) is 5. The van der Waals surface area contributed by atoms with Gasteiger partial charge in [0.25, 0.3) is 0 Å². The Bertz CT molecular complexity index is 658. The smallest absolute Gasteiger partial charge is 0.141 e.